The average molecular weight is 214 g/mol. The van der Waals surface area contributed by atoms with Gasteiger partial charge in [-0.2, -0.15) is 5.10 Å². The van der Waals surface area contributed by atoms with Gasteiger partial charge < -0.3 is 0 Å². The molecule has 0 aromatic carbocycles. The summed E-state index contributed by atoms with van der Waals surface area (Å²) < 4.78 is 1.94. The normalized spacial score (nSPS) is 11.7. The van der Waals surface area contributed by atoms with Crippen LogP contribution in [0.15, 0.2) is 18.5 Å². The van der Waals surface area contributed by atoms with E-state index in [2.05, 4.69) is 36.1 Å². The highest BCUT2D eigenvalue weighted by Crippen LogP contribution is 2.06. The lowest BCUT2D eigenvalue weighted by Gasteiger charge is -2.07. The number of aromatic nitrogens is 3. The zero-order chi connectivity index (χ0) is 10.4. The van der Waals surface area contributed by atoms with Gasteiger partial charge in [-0.15, -0.1) is 11.6 Å². The summed E-state index contributed by atoms with van der Waals surface area (Å²) in [6.45, 7) is 4.20. The smallest absolute Gasteiger partial charge is 0.138 e. The minimum absolute atomic E-state index is 0.369. The Kier molecular flexibility index (Phi) is 4.66. The topological polar surface area (TPSA) is 30.7 Å². The fourth-order valence-electron chi connectivity index (χ4n) is 1.22. The lowest BCUT2D eigenvalue weighted by molar-refractivity contribution is 0.511. The van der Waals surface area contributed by atoms with Gasteiger partial charge in [0.15, 0.2) is 0 Å². The highest BCUT2D eigenvalue weighted by molar-refractivity contribution is 6.17. The highest BCUT2D eigenvalue weighted by atomic mass is 35.5. The van der Waals surface area contributed by atoms with E-state index in [1.807, 2.05) is 4.68 Å². The number of hydrogen-bond donors (Lipinski definition) is 0. The van der Waals surface area contributed by atoms with Crippen LogP contribution in [0.25, 0.3) is 0 Å². The van der Waals surface area contributed by atoms with Gasteiger partial charge in [0.25, 0.3) is 0 Å². The molecule has 1 rings (SSSR count). The van der Waals surface area contributed by atoms with E-state index in [-0.39, 0.29) is 0 Å². The monoisotopic (exact) mass is 213 g/mol. The van der Waals surface area contributed by atoms with E-state index < -0.39 is 0 Å². The maximum atomic E-state index is 5.56. The van der Waals surface area contributed by atoms with E-state index in [4.69, 9.17) is 11.6 Å². The molecule has 0 fully saturated rings. The van der Waals surface area contributed by atoms with Crippen LogP contribution in [-0.2, 0) is 6.42 Å². The van der Waals surface area contributed by atoms with Crippen LogP contribution in [0.5, 0.6) is 0 Å². The number of rotatable bonds is 5. The van der Waals surface area contributed by atoms with Crippen molar-refractivity contribution in [2.45, 2.75) is 32.7 Å². The zero-order valence-electron chi connectivity index (χ0n) is 8.65. The first kappa shape index (κ1) is 11.2. The van der Waals surface area contributed by atoms with E-state index in [1.165, 1.54) is 0 Å². The van der Waals surface area contributed by atoms with Crippen LogP contribution in [0.2, 0.25) is 0 Å². The first-order valence-corrected chi connectivity index (χ1v) is 5.38. The molecule has 0 N–H and O–H groups in total. The average Bonchev–Trinajstić information content (AvgIpc) is 2.60. The second-order valence-corrected chi connectivity index (χ2v) is 3.75. The summed E-state index contributed by atoms with van der Waals surface area (Å²) in [4.78, 5) is 4.20. The third-order valence-corrected chi connectivity index (χ3v) is 2.10. The summed E-state index contributed by atoms with van der Waals surface area (Å²) in [5.74, 6) is 1.68. The molecule has 14 heavy (non-hydrogen) atoms. The zero-order valence-corrected chi connectivity index (χ0v) is 9.41. The van der Waals surface area contributed by atoms with Crippen molar-refractivity contribution in [2.75, 3.05) is 5.88 Å². The van der Waals surface area contributed by atoms with Crippen LogP contribution in [-0.4, -0.2) is 20.6 Å². The van der Waals surface area contributed by atoms with Crippen LogP contribution in [0.4, 0.5) is 0 Å². The Morgan fingerprint density at radius 2 is 2.29 bits per heavy atom. The molecule has 0 atom stereocenters. The molecule has 0 spiro atoms. The molecule has 0 aliphatic carbocycles. The fourth-order valence-corrected chi connectivity index (χ4v) is 1.35. The molecule has 0 aliphatic rings. The summed E-state index contributed by atoms with van der Waals surface area (Å²) in [7, 11) is 0. The maximum absolute atomic E-state index is 5.56. The molecule has 0 saturated heterocycles. The first-order chi connectivity index (χ1) is 6.75. The van der Waals surface area contributed by atoms with Crippen molar-refractivity contribution in [3.8, 4) is 0 Å². The maximum Gasteiger partial charge on any atom is 0.138 e. The van der Waals surface area contributed by atoms with Crippen molar-refractivity contribution >= 4 is 11.6 Å². The number of nitrogens with zero attached hydrogens (tertiary/aromatic N) is 3. The summed E-state index contributed by atoms with van der Waals surface area (Å²) >= 11 is 5.56. The fraction of sp³-hybridized carbons (Fsp3) is 0.600. The van der Waals surface area contributed by atoms with Gasteiger partial charge in [0.2, 0.25) is 0 Å². The summed E-state index contributed by atoms with van der Waals surface area (Å²) in [5.41, 5.74) is 0. The van der Waals surface area contributed by atoms with Crippen molar-refractivity contribution in [2.24, 2.45) is 0 Å². The first-order valence-electron chi connectivity index (χ1n) is 4.85. The standard InChI is InChI=1S/C10H16ClN3/c1-9(2)14-10(12-8-13-14)6-4-3-5-7-11/h3-4,8-9H,5-7H2,1-2H3. The van der Waals surface area contributed by atoms with Gasteiger partial charge in [0.1, 0.15) is 12.2 Å². The van der Waals surface area contributed by atoms with Gasteiger partial charge in [-0.25, -0.2) is 9.67 Å². The molecular weight excluding hydrogens is 198 g/mol. The number of allylic oxidation sites excluding steroid dienone is 2. The second-order valence-electron chi connectivity index (χ2n) is 3.37. The van der Waals surface area contributed by atoms with Gasteiger partial charge in [-0.3, -0.25) is 0 Å². The summed E-state index contributed by atoms with van der Waals surface area (Å²) in [5, 5.41) is 4.16. The van der Waals surface area contributed by atoms with E-state index in [9.17, 15) is 0 Å². The Morgan fingerprint density at radius 3 is 2.93 bits per heavy atom. The Hall–Kier alpha value is -0.830. The minimum atomic E-state index is 0.369. The molecule has 0 radical (unpaired) electrons. The van der Waals surface area contributed by atoms with E-state index >= 15 is 0 Å². The van der Waals surface area contributed by atoms with Crippen molar-refractivity contribution in [3.05, 3.63) is 24.3 Å². The molecule has 0 saturated carbocycles. The molecule has 0 bridgehead atoms. The largest absolute Gasteiger partial charge is 0.247 e. The quantitative estimate of drug-likeness (QED) is 0.556. The minimum Gasteiger partial charge on any atom is -0.247 e. The predicted molar refractivity (Wildman–Crippen MR) is 58.6 cm³/mol. The van der Waals surface area contributed by atoms with Gasteiger partial charge in [0.05, 0.1) is 0 Å². The Morgan fingerprint density at radius 1 is 1.50 bits per heavy atom. The van der Waals surface area contributed by atoms with Crippen LogP contribution in [0.3, 0.4) is 0 Å². The molecule has 4 heteroatoms. The van der Waals surface area contributed by atoms with Crippen LogP contribution >= 0.6 is 11.6 Å². The van der Waals surface area contributed by atoms with Gasteiger partial charge in [0, 0.05) is 18.3 Å². The second kappa shape index (κ2) is 5.81. The van der Waals surface area contributed by atoms with Crippen LogP contribution in [0, 0.1) is 0 Å². The Bertz CT molecular complexity index is 291. The Labute approximate surface area is 89.8 Å². The molecule has 1 aromatic heterocycles. The highest BCUT2D eigenvalue weighted by Gasteiger charge is 2.04. The van der Waals surface area contributed by atoms with Crippen molar-refractivity contribution in [3.63, 3.8) is 0 Å². The molecular formula is C10H16ClN3. The lowest BCUT2D eigenvalue weighted by Crippen LogP contribution is -2.07. The van der Waals surface area contributed by atoms with Crippen molar-refractivity contribution < 1.29 is 0 Å². The number of hydrogen-bond acceptors (Lipinski definition) is 2. The third kappa shape index (κ3) is 3.14. The third-order valence-electron chi connectivity index (χ3n) is 1.88. The molecule has 78 valence electrons. The lowest BCUT2D eigenvalue weighted by atomic mass is 10.3. The SMILES string of the molecule is CC(C)n1ncnc1CC=CCCCl. The Balaban J connectivity index is 2.54. The van der Waals surface area contributed by atoms with Crippen molar-refractivity contribution in [1.29, 1.82) is 0 Å². The molecule has 1 heterocycles. The summed E-state index contributed by atoms with van der Waals surface area (Å²) in [6, 6.07) is 0.369. The van der Waals surface area contributed by atoms with E-state index in [1.54, 1.807) is 6.33 Å². The summed E-state index contributed by atoms with van der Waals surface area (Å²) in [6.07, 6.45) is 7.51. The predicted octanol–water partition coefficient (Wildman–Crippen LogP) is 2.59. The van der Waals surface area contributed by atoms with Crippen LogP contribution in [0.1, 0.15) is 32.1 Å². The van der Waals surface area contributed by atoms with Gasteiger partial charge >= 0.3 is 0 Å². The molecule has 0 amide bonds. The number of alkyl halides is 1. The molecule has 0 aliphatic heterocycles. The van der Waals surface area contributed by atoms with Crippen LogP contribution < -0.4 is 0 Å². The van der Waals surface area contributed by atoms with E-state index in [0.717, 1.165) is 18.7 Å². The number of halogens is 1. The van der Waals surface area contributed by atoms with Gasteiger partial charge in [-0.05, 0) is 20.3 Å². The molecule has 1 aromatic rings. The van der Waals surface area contributed by atoms with E-state index in [0.29, 0.717) is 11.9 Å². The molecule has 3 nitrogen and oxygen atoms in total. The molecule has 0 unspecified atom stereocenters. The van der Waals surface area contributed by atoms with Gasteiger partial charge in [-0.1, -0.05) is 12.2 Å². The van der Waals surface area contributed by atoms with Crippen molar-refractivity contribution in [1.82, 2.24) is 14.8 Å².